The molecule has 0 radical (unpaired) electrons. The largest absolute Gasteiger partial charge is 0.291 e. The van der Waals surface area contributed by atoms with E-state index in [9.17, 15) is 4.79 Å². The molecule has 4 rings (SSSR count). The third-order valence-electron chi connectivity index (χ3n) is 4.08. The number of benzene rings is 2. The molecule has 0 saturated carbocycles. The number of halogens is 1. The van der Waals surface area contributed by atoms with E-state index in [2.05, 4.69) is 31.4 Å². The number of rotatable bonds is 2. The van der Waals surface area contributed by atoms with Gasteiger partial charge in [-0.1, -0.05) is 28.1 Å². The zero-order chi connectivity index (χ0) is 16.5. The minimum atomic E-state index is 0.00615. The second-order valence-corrected chi connectivity index (χ2v) is 6.61. The van der Waals surface area contributed by atoms with Crippen LogP contribution in [0.3, 0.4) is 0 Å². The first kappa shape index (κ1) is 15.1. The van der Waals surface area contributed by atoms with Gasteiger partial charge in [-0.25, -0.2) is 4.98 Å². The molecule has 1 aromatic heterocycles. The molecule has 1 aliphatic heterocycles. The fourth-order valence-corrected chi connectivity index (χ4v) is 3.14. The highest BCUT2D eigenvalue weighted by atomic mass is 79.9. The maximum Gasteiger partial charge on any atom is 0.261 e. The van der Waals surface area contributed by atoms with Crippen molar-refractivity contribution < 1.29 is 0 Å². The third kappa shape index (κ3) is 2.73. The maximum absolute atomic E-state index is 12.7. The Morgan fingerprint density at radius 3 is 2.75 bits per heavy atom. The Morgan fingerprint density at radius 1 is 1.12 bits per heavy atom. The number of nitrogens with one attached hydrogen (secondary N) is 1. The first-order valence-electron chi connectivity index (χ1n) is 7.80. The van der Waals surface area contributed by atoms with E-state index in [1.54, 1.807) is 4.57 Å². The van der Waals surface area contributed by atoms with E-state index in [-0.39, 0.29) is 5.56 Å². The summed E-state index contributed by atoms with van der Waals surface area (Å²) in [6, 6.07) is 15.2. The second kappa shape index (κ2) is 6.20. The van der Waals surface area contributed by atoms with Crippen LogP contribution >= 0.6 is 15.9 Å². The lowest BCUT2D eigenvalue weighted by Gasteiger charge is -2.19. The molecule has 0 amide bonds. The van der Waals surface area contributed by atoms with Crippen molar-refractivity contribution in [1.29, 1.82) is 0 Å². The molecule has 2 heterocycles. The Balaban J connectivity index is 1.76. The molecule has 0 spiro atoms. The third-order valence-corrected chi connectivity index (χ3v) is 4.61. The Kier molecular flexibility index (Phi) is 3.90. The van der Waals surface area contributed by atoms with Crippen LogP contribution in [0.4, 0.5) is 5.69 Å². The summed E-state index contributed by atoms with van der Waals surface area (Å²) in [5.41, 5.74) is 5.49. The van der Waals surface area contributed by atoms with E-state index in [1.165, 1.54) is 0 Å². The zero-order valence-electron chi connectivity index (χ0n) is 12.9. The van der Waals surface area contributed by atoms with Gasteiger partial charge in [0.05, 0.1) is 16.6 Å². The predicted octanol–water partition coefficient (Wildman–Crippen LogP) is 3.77. The highest BCUT2D eigenvalue weighted by Gasteiger charge is 2.20. The van der Waals surface area contributed by atoms with Crippen molar-refractivity contribution >= 4 is 38.2 Å². The molecule has 0 aliphatic carbocycles. The standard InChI is InChI=1S/C18H15BrN4O/c19-12-7-9-13(10-8-12)21-22-16-6-3-11-23-17(16)20-15-5-2-1-4-14(15)18(23)24/h1-2,4-5,7-10,21H,3,6,11H2/b22-16+. The molecule has 5 nitrogen and oxygen atoms in total. The Labute approximate surface area is 147 Å². The van der Waals surface area contributed by atoms with E-state index in [0.29, 0.717) is 23.3 Å². The summed E-state index contributed by atoms with van der Waals surface area (Å²) >= 11 is 3.41. The summed E-state index contributed by atoms with van der Waals surface area (Å²) in [5, 5.41) is 5.16. The fourth-order valence-electron chi connectivity index (χ4n) is 2.87. The molecule has 1 N–H and O–H groups in total. The van der Waals surface area contributed by atoms with Crippen LogP contribution in [0.5, 0.6) is 0 Å². The molecule has 120 valence electrons. The fraction of sp³-hybridized carbons (Fsp3) is 0.167. The molecule has 0 atom stereocenters. The number of anilines is 1. The molecule has 6 heteroatoms. The molecule has 24 heavy (non-hydrogen) atoms. The van der Waals surface area contributed by atoms with Crippen molar-refractivity contribution in [3.8, 4) is 0 Å². The molecule has 1 aliphatic rings. The van der Waals surface area contributed by atoms with E-state index in [0.717, 1.165) is 28.7 Å². The number of fused-ring (bicyclic) bond motifs is 2. The molecule has 0 saturated heterocycles. The molecule has 3 aromatic rings. The zero-order valence-corrected chi connectivity index (χ0v) is 14.5. The Morgan fingerprint density at radius 2 is 1.92 bits per heavy atom. The topological polar surface area (TPSA) is 59.3 Å². The SMILES string of the molecule is O=c1c2ccccc2nc2n1CCC/C2=N\Nc1ccc(Br)cc1. The van der Waals surface area contributed by atoms with Gasteiger partial charge >= 0.3 is 0 Å². The summed E-state index contributed by atoms with van der Waals surface area (Å²) in [7, 11) is 0. The minimum absolute atomic E-state index is 0.00615. The first-order valence-corrected chi connectivity index (χ1v) is 8.60. The molecule has 0 bridgehead atoms. The van der Waals surface area contributed by atoms with Gasteiger partial charge < -0.3 is 0 Å². The van der Waals surface area contributed by atoms with Crippen molar-refractivity contribution in [1.82, 2.24) is 9.55 Å². The van der Waals surface area contributed by atoms with Crippen LogP contribution in [0.15, 0.2) is 62.9 Å². The molecule has 2 aromatic carbocycles. The van der Waals surface area contributed by atoms with Crippen molar-refractivity contribution in [2.45, 2.75) is 19.4 Å². The van der Waals surface area contributed by atoms with Crippen molar-refractivity contribution in [3.05, 3.63) is 69.2 Å². The van der Waals surface area contributed by atoms with E-state index in [1.807, 2.05) is 48.5 Å². The minimum Gasteiger partial charge on any atom is -0.291 e. The van der Waals surface area contributed by atoms with Crippen LogP contribution in [0.25, 0.3) is 10.9 Å². The van der Waals surface area contributed by atoms with Crippen molar-refractivity contribution in [2.24, 2.45) is 5.10 Å². The average molecular weight is 383 g/mol. The van der Waals surface area contributed by atoms with Gasteiger partial charge in [0.1, 0.15) is 5.71 Å². The lowest BCUT2D eigenvalue weighted by atomic mass is 10.1. The van der Waals surface area contributed by atoms with Gasteiger partial charge in [0.2, 0.25) is 0 Å². The van der Waals surface area contributed by atoms with Gasteiger partial charge in [-0.2, -0.15) is 5.10 Å². The molecular formula is C18H15BrN4O. The molecular weight excluding hydrogens is 368 g/mol. The lowest BCUT2D eigenvalue weighted by Crippen LogP contribution is -2.32. The number of hydrazone groups is 1. The molecule has 0 fully saturated rings. The quantitative estimate of drug-likeness (QED) is 0.686. The van der Waals surface area contributed by atoms with E-state index >= 15 is 0 Å². The van der Waals surface area contributed by atoms with Crippen LogP contribution in [0, 0.1) is 0 Å². The number of nitrogens with zero attached hydrogens (tertiary/aromatic N) is 3. The number of hydrogen-bond donors (Lipinski definition) is 1. The average Bonchev–Trinajstić information content (AvgIpc) is 2.62. The first-order chi connectivity index (χ1) is 11.7. The highest BCUT2D eigenvalue weighted by molar-refractivity contribution is 9.10. The highest BCUT2D eigenvalue weighted by Crippen LogP contribution is 2.17. The van der Waals surface area contributed by atoms with Crippen molar-refractivity contribution in [3.63, 3.8) is 0 Å². The second-order valence-electron chi connectivity index (χ2n) is 5.69. The van der Waals surface area contributed by atoms with Gasteiger partial charge in [0.15, 0.2) is 5.82 Å². The van der Waals surface area contributed by atoms with E-state index < -0.39 is 0 Å². The normalized spacial score (nSPS) is 15.5. The van der Waals surface area contributed by atoms with Gasteiger partial charge in [0, 0.05) is 11.0 Å². The smallest absolute Gasteiger partial charge is 0.261 e. The monoisotopic (exact) mass is 382 g/mol. The summed E-state index contributed by atoms with van der Waals surface area (Å²) in [4.78, 5) is 17.3. The van der Waals surface area contributed by atoms with Crippen LogP contribution in [-0.4, -0.2) is 15.3 Å². The Hall–Kier alpha value is -2.47. The molecule has 0 unspecified atom stereocenters. The number of hydrogen-bond acceptors (Lipinski definition) is 4. The predicted molar refractivity (Wildman–Crippen MR) is 99.5 cm³/mol. The van der Waals surface area contributed by atoms with Crippen LogP contribution in [0.1, 0.15) is 18.7 Å². The maximum atomic E-state index is 12.7. The number of para-hydroxylation sites is 1. The van der Waals surface area contributed by atoms with Crippen LogP contribution in [0.2, 0.25) is 0 Å². The summed E-state index contributed by atoms with van der Waals surface area (Å²) in [5.74, 6) is 0.662. The Bertz CT molecular complexity index is 992. The van der Waals surface area contributed by atoms with Gasteiger partial charge in [-0.3, -0.25) is 14.8 Å². The summed E-state index contributed by atoms with van der Waals surface area (Å²) < 4.78 is 2.75. The van der Waals surface area contributed by atoms with Crippen molar-refractivity contribution in [2.75, 3.05) is 5.43 Å². The van der Waals surface area contributed by atoms with Gasteiger partial charge in [-0.15, -0.1) is 0 Å². The van der Waals surface area contributed by atoms with E-state index in [4.69, 9.17) is 0 Å². The van der Waals surface area contributed by atoms with Crippen LogP contribution in [-0.2, 0) is 6.54 Å². The van der Waals surface area contributed by atoms with Gasteiger partial charge in [-0.05, 0) is 49.2 Å². The van der Waals surface area contributed by atoms with Gasteiger partial charge in [0.25, 0.3) is 5.56 Å². The summed E-state index contributed by atoms with van der Waals surface area (Å²) in [6.45, 7) is 0.684. The number of aromatic nitrogens is 2. The van der Waals surface area contributed by atoms with Crippen LogP contribution < -0.4 is 11.0 Å². The lowest BCUT2D eigenvalue weighted by molar-refractivity contribution is 0.597. The summed E-state index contributed by atoms with van der Waals surface area (Å²) in [6.07, 6.45) is 1.68.